The molecule has 0 aliphatic rings. The highest BCUT2D eigenvalue weighted by molar-refractivity contribution is 6.30. The van der Waals surface area contributed by atoms with E-state index in [1.807, 2.05) is 0 Å². The van der Waals surface area contributed by atoms with Gasteiger partial charge in [-0.05, 0) is 55.5 Å². The van der Waals surface area contributed by atoms with Gasteiger partial charge >= 0.3 is 0 Å². The molecule has 3 rings (SSSR count). The van der Waals surface area contributed by atoms with Gasteiger partial charge in [-0.3, -0.25) is 9.59 Å². The van der Waals surface area contributed by atoms with E-state index in [2.05, 4.69) is 10.6 Å². The number of nitrogens with one attached hydrogen (secondary N) is 2. The Labute approximate surface area is 149 Å². The molecule has 0 fully saturated rings. The van der Waals surface area contributed by atoms with Gasteiger partial charge in [-0.1, -0.05) is 23.7 Å². The minimum Gasteiger partial charge on any atom is -0.456 e. The summed E-state index contributed by atoms with van der Waals surface area (Å²) >= 11 is 5.84. The maximum Gasteiger partial charge on any atom is 0.291 e. The zero-order valence-electron chi connectivity index (χ0n) is 13.4. The van der Waals surface area contributed by atoms with E-state index in [0.29, 0.717) is 27.7 Å². The van der Waals surface area contributed by atoms with Gasteiger partial charge in [0.2, 0.25) is 0 Å². The standard InChI is InChI=1S/C19H15ClN2O3/c1-12-6-11-17(25-12)19(24)22-16-5-3-2-4-15(16)18(23)21-14-9-7-13(20)8-10-14/h2-11H,1H3,(H,21,23)(H,22,24). The van der Waals surface area contributed by atoms with E-state index in [4.69, 9.17) is 16.0 Å². The molecule has 0 unspecified atom stereocenters. The molecule has 1 aromatic heterocycles. The number of aryl methyl sites for hydroxylation is 1. The molecular formula is C19H15ClN2O3. The van der Waals surface area contributed by atoms with Crippen LogP contribution in [0.25, 0.3) is 0 Å². The Morgan fingerprint density at radius 3 is 2.28 bits per heavy atom. The van der Waals surface area contributed by atoms with Crippen molar-refractivity contribution in [2.75, 3.05) is 10.6 Å². The van der Waals surface area contributed by atoms with Crippen LogP contribution in [0.2, 0.25) is 5.02 Å². The van der Waals surface area contributed by atoms with Crippen LogP contribution in [0.3, 0.4) is 0 Å². The van der Waals surface area contributed by atoms with Crippen LogP contribution < -0.4 is 10.6 Å². The summed E-state index contributed by atoms with van der Waals surface area (Å²) in [7, 11) is 0. The summed E-state index contributed by atoms with van der Waals surface area (Å²) in [5, 5.41) is 6.05. The topological polar surface area (TPSA) is 71.3 Å². The zero-order chi connectivity index (χ0) is 17.8. The molecule has 0 atom stereocenters. The average Bonchev–Trinajstić information content (AvgIpc) is 3.04. The highest BCUT2D eigenvalue weighted by Crippen LogP contribution is 2.20. The molecule has 0 aliphatic heterocycles. The van der Waals surface area contributed by atoms with Gasteiger partial charge in [0, 0.05) is 10.7 Å². The molecule has 0 saturated heterocycles. The molecule has 0 radical (unpaired) electrons. The minimum atomic E-state index is -0.417. The van der Waals surface area contributed by atoms with Crippen molar-refractivity contribution in [2.45, 2.75) is 6.92 Å². The van der Waals surface area contributed by atoms with Crippen molar-refractivity contribution in [2.24, 2.45) is 0 Å². The molecule has 1 heterocycles. The van der Waals surface area contributed by atoms with Crippen molar-refractivity contribution in [1.29, 1.82) is 0 Å². The summed E-state index contributed by atoms with van der Waals surface area (Å²) in [5.74, 6) is 0.0676. The molecule has 0 spiro atoms. The number of carbonyl (C=O) groups is 2. The normalized spacial score (nSPS) is 10.3. The lowest BCUT2D eigenvalue weighted by Gasteiger charge is -2.11. The van der Waals surface area contributed by atoms with Gasteiger partial charge in [0.15, 0.2) is 5.76 Å². The second-order valence-corrected chi connectivity index (χ2v) is 5.81. The number of benzene rings is 2. The van der Waals surface area contributed by atoms with Crippen molar-refractivity contribution >= 4 is 34.8 Å². The van der Waals surface area contributed by atoms with Crippen molar-refractivity contribution in [1.82, 2.24) is 0 Å². The molecule has 2 N–H and O–H groups in total. The predicted octanol–water partition coefficient (Wildman–Crippen LogP) is 4.75. The van der Waals surface area contributed by atoms with Crippen molar-refractivity contribution in [3.8, 4) is 0 Å². The molecule has 5 nitrogen and oxygen atoms in total. The number of hydrogen-bond acceptors (Lipinski definition) is 3. The Morgan fingerprint density at radius 2 is 1.60 bits per heavy atom. The quantitative estimate of drug-likeness (QED) is 0.710. The number of carbonyl (C=O) groups excluding carboxylic acids is 2. The maximum atomic E-state index is 12.5. The van der Waals surface area contributed by atoms with Gasteiger partial charge in [0.05, 0.1) is 11.3 Å². The average molecular weight is 355 g/mol. The monoisotopic (exact) mass is 354 g/mol. The first kappa shape index (κ1) is 16.8. The number of hydrogen-bond donors (Lipinski definition) is 2. The van der Waals surface area contributed by atoms with Gasteiger partial charge in [-0.2, -0.15) is 0 Å². The first-order chi connectivity index (χ1) is 12.0. The molecule has 2 aromatic carbocycles. The summed E-state index contributed by atoms with van der Waals surface area (Å²) < 4.78 is 5.30. The van der Waals surface area contributed by atoms with Gasteiger partial charge in [-0.25, -0.2) is 0 Å². The van der Waals surface area contributed by atoms with Gasteiger partial charge in [-0.15, -0.1) is 0 Å². The van der Waals surface area contributed by atoms with Crippen LogP contribution in [0.4, 0.5) is 11.4 Å². The second-order valence-electron chi connectivity index (χ2n) is 5.37. The fourth-order valence-corrected chi connectivity index (χ4v) is 2.39. The Morgan fingerprint density at radius 1 is 0.880 bits per heavy atom. The highest BCUT2D eigenvalue weighted by Gasteiger charge is 2.16. The van der Waals surface area contributed by atoms with Crippen LogP contribution in [-0.4, -0.2) is 11.8 Å². The lowest BCUT2D eigenvalue weighted by atomic mass is 10.1. The summed E-state index contributed by atoms with van der Waals surface area (Å²) in [4.78, 5) is 24.8. The smallest absolute Gasteiger partial charge is 0.291 e. The zero-order valence-corrected chi connectivity index (χ0v) is 14.1. The molecule has 0 saturated carbocycles. The minimum absolute atomic E-state index is 0.186. The number of halogens is 1. The molecule has 2 amide bonds. The molecule has 3 aromatic rings. The third-order valence-electron chi connectivity index (χ3n) is 3.49. The SMILES string of the molecule is Cc1ccc(C(=O)Nc2ccccc2C(=O)Nc2ccc(Cl)cc2)o1. The summed E-state index contributed by atoms with van der Waals surface area (Å²) in [5.41, 5.74) is 1.35. The van der Waals surface area contributed by atoms with Crippen LogP contribution >= 0.6 is 11.6 Å². The second kappa shape index (κ2) is 7.23. The molecule has 0 aliphatic carbocycles. The lowest BCUT2D eigenvalue weighted by molar-refractivity contribution is 0.0995. The van der Waals surface area contributed by atoms with E-state index in [0.717, 1.165) is 0 Å². The number of amides is 2. The maximum absolute atomic E-state index is 12.5. The van der Waals surface area contributed by atoms with E-state index < -0.39 is 5.91 Å². The Balaban J connectivity index is 1.79. The predicted molar refractivity (Wildman–Crippen MR) is 97.2 cm³/mol. The number of furan rings is 1. The fourth-order valence-electron chi connectivity index (χ4n) is 2.26. The Kier molecular flexibility index (Phi) is 4.86. The van der Waals surface area contributed by atoms with Crippen LogP contribution in [0.5, 0.6) is 0 Å². The van der Waals surface area contributed by atoms with E-state index >= 15 is 0 Å². The number of anilines is 2. The lowest BCUT2D eigenvalue weighted by Crippen LogP contribution is -2.18. The van der Waals surface area contributed by atoms with E-state index in [-0.39, 0.29) is 11.7 Å². The van der Waals surface area contributed by atoms with Crippen molar-refractivity contribution in [3.05, 3.63) is 82.8 Å². The first-order valence-electron chi connectivity index (χ1n) is 7.56. The van der Waals surface area contributed by atoms with Gasteiger partial charge < -0.3 is 15.1 Å². The van der Waals surface area contributed by atoms with Gasteiger partial charge in [0.25, 0.3) is 11.8 Å². The van der Waals surface area contributed by atoms with E-state index in [1.165, 1.54) is 0 Å². The third-order valence-corrected chi connectivity index (χ3v) is 3.74. The van der Waals surface area contributed by atoms with Crippen LogP contribution in [-0.2, 0) is 0 Å². The number of para-hydroxylation sites is 1. The summed E-state index contributed by atoms with van der Waals surface area (Å²) in [6.45, 7) is 1.75. The number of rotatable bonds is 4. The van der Waals surface area contributed by atoms with Crippen molar-refractivity contribution in [3.63, 3.8) is 0 Å². The Hall–Kier alpha value is -3.05. The van der Waals surface area contributed by atoms with Crippen LogP contribution in [0, 0.1) is 6.92 Å². The molecular weight excluding hydrogens is 340 g/mol. The third kappa shape index (κ3) is 4.08. The van der Waals surface area contributed by atoms with E-state index in [1.54, 1.807) is 67.6 Å². The summed E-state index contributed by atoms with van der Waals surface area (Å²) in [6.07, 6.45) is 0. The highest BCUT2D eigenvalue weighted by atomic mass is 35.5. The van der Waals surface area contributed by atoms with Crippen LogP contribution in [0.1, 0.15) is 26.7 Å². The molecule has 25 heavy (non-hydrogen) atoms. The first-order valence-corrected chi connectivity index (χ1v) is 7.94. The molecule has 6 heteroatoms. The van der Waals surface area contributed by atoms with Gasteiger partial charge in [0.1, 0.15) is 5.76 Å². The van der Waals surface area contributed by atoms with Crippen molar-refractivity contribution < 1.29 is 14.0 Å². The Bertz CT molecular complexity index is 916. The summed E-state index contributed by atoms with van der Waals surface area (Å²) in [6, 6.07) is 16.8. The fraction of sp³-hybridized carbons (Fsp3) is 0.0526. The van der Waals surface area contributed by atoms with E-state index in [9.17, 15) is 9.59 Å². The molecule has 126 valence electrons. The molecule has 0 bridgehead atoms. The van der Waals surface area contributed by atoms with Crippen LogP contribution in [0.15, 0.2) is 65.1 Å². The largest absolute Gasteiger partial charge is 0.456 e.